The minimum atomic E-state index is -4.83. The van der Waals surface area contributed by atoms with E-state index in [2.05, 4.69) is 31.0 Å². The van der Waals surface area contributed by atoms with E-state index in [4.69, 9.17) is 0 Å². The van der Waals surface area contributed by atoms with E-state index >= 15 is 0 Å². The number of anilines is 1. The highest BCUT2D eigenvalue weighted by molar-refractivity contribution is 9.10. The molecule has 0 saturated heterocycles. The van der Waals surface area contributed by atoms with Crippen LogP contribution in [0.5, 0.6) is 0 Å². The van der Waals surface area contributed by atoms with Gasteiger partial charge in [-0.05, 0) is 24.6 Å². The first-order valence-electron chi connectivity index (χ1n) is 7.00. The molecule has 0 aliphatic rings. The number of nitrogens with zero attached hydrogens (tertiary/aromatic N) is 1. The van der Waals surface area contributed by atoms with E-state index in [0.29, 0.717) is 16.9 Å². The van der Waals surface area contributed by atoms with E-state index in [1.807, 2.05) is 0 Å². The molecular formula is C15H12BrF3N2O3S. The van der Waals surface area contributed by atoms with Crippen molar-refractivity contribution in [3.8, 4) is 0 Å². The van der Waals surface area contributed by atoms with Gasteiger partial charge >= 0.3 is 12.1 Å². The fourth-order valence-corrected chi connectivity index (χ4v) is 3.01. The van der Waals surface area contributed by atoms with Gasteiger partial charge in [-0.15, -0.1) is 0 Å². The Bertz CT molecular complexity index is 775. The van der Waals surface area contributed by atoms with Crippen molar-refractivity contribution >= 4 is 44.3 Å². The first kappa shape index (κ1) is 19.4. The quantitative estimate of drug-likeness (QED) is 0.710. The molecule has 1 N–H and O–H groups in total. The second-order valence-corrected chi connectivity index (χ2v) is 6.68. The number of amides is 1. The van der Waals surface area contributed by atoms with Gasteiger partial charge in [-0.1, -0.05) is 39.4 Å². The minimum Gasteiger partial charge on any atom is -0.462 e. The lowest BCUT2D eigenvalue weighted by molar-refractivity contribution is -0.141. The van der Waals surface area contributed by atoms with Crippen molar-refractivity contribution in [2.45, 2.75) is 19.5 Å². The molecule has 0 spiro atoms. The molecule has 0 bridgehead atoms. The monoisotopic (exact) mass is 436 g/mol. The van der Waals surface area contributed by atoms with Crippen LogP contribution in [0.2, 0.25) is 0 Å². The van der Waals surface area contributed by atoms with Crippen LogP contribution in [0.15, 0.2) is 28.7 Å². The molecule has 0 radical (unpaired) electrons. The van der Waals surface area contributed by atoms with Crippen LogP contribution in [0.1, 0.15) is 27.9 Å². The van der Waals surface area contributed by atoms with Crippen molar-refractivity contribution in [1.29, 1.82) is 0 Å². The highest BCUT2D eigenvalue weighted by Crippen LogP contribution is 2.36. The van der Waals surface area contributed by atoms with E-state index in [1.165, 1.54) is 6.92 Å². The van der Waals surface area contributed by atoms with Crippen molar-refractivity contribution < 1.29 is 27.5 Å². The molecule has 1 aromatic carbocycles. The topological polar surface area (TPSA) is 68.3 Å². The summed E-state index contributed by atoms with van der Waals surface area (Å²) in [5.74, 6) is -1.67. The number of esters is 1. The Hall–Kier alpha value is -1.94. The van der Waals surface area contributed by atoms with E-state index in [-0.39, 0.29) is 18.2 Å². The van der Waals surface area contributed by atoms with Gasteiger partial charge in [-0.3, -0.25) is 4.79 Å². The maximum Gasteiger partial charge on any atom is 0.435 e. The summed E-state index contributed by atoms with van der Waals surface area (Å²) in [6.07, 6.45) is -4.86. The lowest BCUT2D eigenvalue weighted by Crippen LogP contribution is -2.15. The van der Waals surface area contributed by atoms with E-state index < -0.39 is 28.6 Å². The Morgan fingerprint density at radius 3 is 2.48 bits per heavy atom. The molecule has 2 aromatic rings. The van der Waals surface area contributed by atoms with Gasteiger partial charge in [0.2, 0.25) is 5.91 Å². The number of hydrogen-bond acceptors (Lipinski definition) is 5. The smallest absolute Gasteiger partial charge is 0.435 e. The summed E-state index contributed by atoms with van der Waals surface area (Å²) < 4.78 is 44.5. The van der Waals surface area contributed by atoms with Crippen molar-refractivity contribution in [2.24, 2.45) is 0 Å². The summed E-state index contributed by atoms with van der Waals surface area (Å²) in [5, 5.41) is 1.98. The number of halogens is 4. The van der Waals surface area contributed by atoms with E-state index in [1.54, 1.807) is 24.3 Å². The van der Waals surface area contributed by atoms with Crippen molar-refractivity contribution in [3.63, 3.8) is 0 Å². The predicted molar refractivity (Wildman–Crippen MR) is 89.5 cm³/mol. The van der Waals surface area contributed by atoms with Gasteiger partial charge < -0.3 is 10.1 Å². The van der Waals surface area contributed by atoms with Crippen molar-refractivity contribution in [3.05, 3.63) is 44.9 Å². The maximum absolute atomic E-state index is 13.0. The van der Waals surface area contributed by atoms with E-state index in [9.17, 15) is 22.8 Å². The summed E-state index contributed by atoms with van der Waals surface area (Å²) in [4.78, 5) is 26.3. The standard InChI is InChI=1S/C15H12BrF3N2O3S/c1-2-24-13(23)11-12(15(17,18)19)21-14(25-11)20-10(22)7-8-3-5-9(16)6-4-8/h3-6H,2,7H2,1H3,(H,20,21,22). The Morgan fingerprint density at radius 2 is 1.92 bits per heavy atom. The summed E-state index contributed by atoms with van der Waals surface area (Å²) >= 11 is 3.69. The van der Waals surface area contributed by atoms with Crippen LogP contribution in [-0.4, -0.2) is 23.5 Å². The lowest BCUT2D eigenvalue weighted by Gasteiger charge is -2.05. The van der Waals surface area contributed by atoms with Crippen molar-refractivity contribution in [2.75, 3.05) is 11.9 Å². The molecule has 0 atom stereocenters. The molecule has 1 amide bonds. The largest absolute Gasteiger partial charge is 0.462 e. The molecule has 1 heterocycles. The Morgan fingerprint density at radius 1 is 1.28 bits per heavy atom. The molecule has 0 aliphatic carbocycles. The second kappa shape index (κ2) is 7.96. The molecule has 10 heteroatoms. The molecule has 2 rings (SSSR count). The number of hydrogen-bond donors (Lipinski definition) is 1. The first-order valence-corrected chi connectivity index (χ1v) is 8.61. The van der Waals surface area contributed by atoms with Gasteiger partial charge in [-0.2, -0.15) is 13.2 Å². The molecule has 1 aromatic heterocycles. The van der Waals surface area contributed by atoms with Gasteiger partial charge in [0.1, 0.15) is 4.88 Å². The molecule has 0 fully saturated rings. The van der Waals surface area contributed by atoms with Crippen LogP contribution < -0.4 is 5.32 Å². The number of nitrogens with one attached hydrogen (secondary N) is 1. The van der Waals surface area contributed by atoms with Crippen LogP contribution in [0.25, 0.3) is 0 Å². The molecule has 25 heavy (non-hydrogen) atoms. The molecule has 0 unspecified atom stereocenters. The van der Waals surface area contributed by atoms with Crippen molar-refractivity contribution in [1.82, 2.24) is 4.98 Å². The molecular weight excluding hydrogens is 425 g/mol. The number of thiazole rings is 1. The molecule has 0 aliphatic heterocycles. The van der Waals surface area contributed by atoms with E-state index in [0.717, 1.165) is 4.47 Å². The Kier molecular flexibility index (Phi) is 6.17. The van der Waals surface area contributed by atoms with Crippen LogP contribution in [0, 0.1) is 0 Å². The number of rotatable bonds is 5. The van der Waals surface area contributed by atoms with Crippen LogP contribution in [-0.2, 0) is 22.1 Å². The first-order chi connectivity index (χ1) is 11.7. The zero-order chi connectivity index (χ0) is 18.6. The van der Waals surface area contributed by atoms with Gasteiger partial charge in [0.25, 0.3) is 0 Å². The van der Waals surface area contributed by atoms with Gasteiger partial charge in [0.15, 0.2) is 10.8 Å². The third-order valence-electron chi connectivity index (χ3n) is 2.88. The summed E-state index contributed by atoms with van der Waals surface area (Å²) in [5.41, 5.74) is -0.686. The maximum atomic E-state index is 13.0. The number of alkyl halides is 3. The fraction of sp³-hybridized carbons (Fsp3) is 0.267. The average Bonchev–Trinajstić information content (AvgIpc) is 2.94. The number of aromatic nitrogens is 1. The number of carbonyl (C=O) groups excluding carboxylic acids is 2. The van der Waals surface area contributed by atoms with Gasteiger partial charge in [-0.25, -0.2) is 9.78 Å². The number of ether oxygens (including phenoxy) is 1. The predicted octanol–water partition coefficient (Wildman–Crippen LogP) is 4.28. The van der Waals surface area contributed by atoms with Gasteiger partial charge in [0, 0.05) is 4.47 Å². The Labute approximate surface area is 153 Å². The second-order valence-electron chi connectivity index (χ2n) is 4.77. The summed E-state index contributed by atoms with van der Waals surface area (Å²) in [6, 6.07) is 6.90. The van der Waals surface area contributed by atoms with Crippen LogP contribution >= 0.6 is 27.3 Å². The fourth-order valence-electron chi connectivity index (χ4n) is 1.85. The van der Waals surface area contributed by atoms with Crippen LogP contribution in [0.3, 0.4) is 0 Å². The SMILES string of the molecule is CCOC(=O)c1sc(NC(=O)Cc2ccc(Br)cc2)nc1C(F)(F)F. The Balaban J connectivity index is 2.17. The lowest BCUT2D eigenvalue weighted by atomic mass is 10.1. The normalized spacial score (nSPS) is 11.2. The third-order valence-corrected chi connectivity index (χ3v) is 4.36. The summed E-state index contributed by atoms with van der Waals surface area (Å²) in [6.45, 7) is 1.41. The third kappa shape index (κ3) is 5.27. The highest BCUT2D eigenvalue weighted by Gasteiger charge is 2.40. The zero-order valence-corrected chi connectivity index (χ0v) is 15.2. The number of carbonyl (C=O) groups is 2. The molecule has 5 nitrogen and oxygen atoms in total. The zero-order valence-electron chi connectivity index (χ0n) is 12.8. The highest BCUT2D eigenvalue weighted by atomic mass is 79.9. The van der Waals surface area contributed by atoms with Crippen LogP contribution in [0.4, 0.5) is 18.3 Å². The van der Waals surface area contributed by atoms with Gasteiger partial charge in [0.05, 0.1) is 13.0 Å². The average molecular weight is 437 g/mol. The molecule has 134 valence electrons. The summed E-state index contributed by atoms with van der Waals surface area (Å²) in [7, 11) is 0. The minimum absolute atomic E-state index is 0.0387. The molecule has 0 saturated carbocycles. The number of benzene rings is 1.